The second-order valence-electron chi connectivity index (χ2n) is 6.26. The van der Waals surface area contributed by atoms with E-state index in [1.807, 2.05) is 35.2 Å². The number of benzene rings is 1. The highest BCUT2D eigenvalue weighted by atomic mass is 32.2. The van der Waals surface area contributed by atoms with E-state index in [4.69, 9.17) is 0 Å². The van der Waals surface area contributed by atoms with Crippen LogP contribution >= 0.6 is 11.8 Å². The summed E-state index contributed by atoms with van der Waals surface area (Å²) in [5.41, 5.74) is 0. The third kappa shape index (κ3) is 4.28. The summed E-state index contributed by atoms with van der Waals surface area (Å²) in [6.45, 7) is 2.46. The molecular formula is C18H24N2O2S. The van der Waals surface area contributed by atoms with Crippen LogP contribution in [-0.2, 0) is 9.59 Å². The molecule has 2 heterocycles. The monoisotopic (exact) mass is 332 g/mol. The van der Waals surface area contributed by atoms with E-state index in [9.17, 15) is 9.59 Å². The first kappa shape index (κ1) is 16.4. The molecule has 23 heavy (non-hydrogen) atoms. The number of hydrogen-bond donors (Lipinski definition) is 0. The molecule has 0 aliphatic carbocycles. The van der Waals surface area contributed by atoms with Crippen LogP contribution in [-0.4, -0.2) is 53.0 Å². The van der Waals surface area contributed by atoms with Gasteiger partial charge in [-0.3, -0.25) is 9.59 Å². The van der Waals surface area contributed by atoms with Crippen LogP contribution in [0.15, 0.2) is 35.2 Å². The average Bonchev–Trinajstić information content (AvgIpc) is 2.61. The maximum absolute atomic E-state index is 12.3. The van der Waals surface area contributed by atoms with Crippen LogP contribution in [0.5, 0.6) is 0 Å². The molecule has 0 saturated carbocycles. The van der Waals surface area contributed by atoms with Gasteiger partial charge >= 0.3 is 0 Å². The summed E-state index contributed by atoms with van der Waals surface area (Å²) in [7, 11) is 0. The van der Waals surface area contributed by atoms with E-state index in [0.29, 0.717) is 24.1 Å². The van der Waals surface area contributed by atoms with Crippen LogP contribution in [0.1, 0.15) is 32.1 Å². The van der Waals surface area contributed by atoms with Crippen molar-refractivity contribution in [1.29, 1.82) is 0 Å². The van der Waals surface area contributed by atoms with Gasteiger partial charge in [-0.2, -0.15) is 0 Å². The van der Waals surface area contributed by atoms with Gasteiger partial charge in [-0.1, -0.05) is 18.2 Å². The van der Waals surface area contributed by atoms with Gasteiger partial charge in [0, 0.05) is 37.0 Å². The fourth-order valence-corrected chi connectivity index (χ4v) is 4.22. The highest BCUT2D eigenvalue weighted by molar-refractivity contribution is 8.00. The van der Waals surface area contributed by atoms with E-state index in [2.05, 4.69) is 4.90 Å². The predicted octanol–water partition coefficient (Wildman–Crippen LogP) is 2.78. The van der Waals surface area contributed by atoms with Gasteiger partial charge in [0.25, 0.3) is 0 Å². The largest absolute Gasteiger partial charge is 0.342 e. The number of carbonyl (C=O) groups excluding carboxylic acids is 2. The molecule has 0 aromatic heterocycles. The van der Waals surface area contributed by atoms with Crippen LogP contribution in [0.4, 0.5) is 0 Å². The molecule has 4 nitrogen and oxygen atoms in total. The number of nitrogens with zero attached hydrogens (tertiary/aromatic N) is 2. The standard InChI is InChI=1S/C18H24N2O2S/c21-17-8-4-5-11-20(17)15-9-12-19(13-10-15)18(22)14-23-16-6-2-1-3-7-16/h1-3,6-7,15H,4-5,8-14H2. The van der Waals surface area contributed by atoms with E-state index in [0.717, 1.165) is 50.2 Å². The lowest BCUT2D eigenvalue weighted by Gasteiger charge is -2.40. The Balaban J connectivity index is 1.45. The van der Waals surface area contributed by atoms with Crippen molar-refractivity contribution in [3.05, 3.63) is 30.3 Å². The van der Waals surface area contributed by atoms with Crippen molar-refractivity contribution < 1.29 is 9.59 Å². The maximum atomic E-state index is 12.3. The van der Waals surface area contributed by atoms with Crippen molar-refractivity contribution in [2.24, 2.45) is 0 Å². The minimum atomic E-state index is 0.210. The third-order valence-corrected chi connectivity index (χ3v) is 5.72. The normalized spacial score (nSPS) is 19.9. The fraction of sp³-hybridized carbons (Fsp3) is 0.556. The number of amides is 2. The lowest BCUT2D eigenvalue weighted by atomic mass is 9.99. The maximum Gasteiger partial charge on any atom is 0.232 e. The second-order valence-corrected chi connectivity index (χ2v) is 7.31. The number of thioether (sulfide) groups is 1. The molecule has 124 valence electrons. The molecule has 5 heteroatoms. The van der Waals surface area contributed by atoms with Crippen molar-refractivity contribution in [3.8, 4) is 0 Å². The van der Waals surface area contributed by atoms with Crippen LogP contribution in [0, 0.1) is 0 Å². The average molecular weight is 332 g/mol. The molecule has 0 spiro atoms. The van der Waals surface area contributed by atoms with E-state index in [1.54, 1.807) is 11.8 Å². The molecule has 2 amide bonds. The van der Waals surface area contributed by atoms with Gasteiger partial charge in [0.1, 0.15) is 0 Å². The summed E-state index contributed by atoms with van der Waals surface area (Å²) in [5.74, 6) is 1.01. The highest BCUT2D eigenvalue weighted by Gasteiger charge is 2.30. The Morgan fingerprint density at radius 2 is 1.83 bits per heavy atom. The van der Waals surface area contributed by atoms with E-state index >= 15 is 0 Å². The van der Waals surface area contributed by atoms with Crippen LogP contribution in [0.25, 0.3) is 0 Å². The number of piperidine rings is 2. The Morgan fingerprint density at radius 3 is 2.52 bits per heavy atom. The number of carbonyl (C=O) groups is 2. The summed E-state index contributed by atoms with van der Waals surface area (Å²) < 4.78 is 0. The van der Waals surface area contributed by atoms with Gasteiger partial charge in [-0.05, 0) is 37.8 Å². The topological polar surface area (TPSA) is 40.6 Å². The Hall–Kier alpha value is -1.49. The smallest absolute Gasteiger partial charge is 0.232 e. The lowest BCUT2D eigenvalue weighted by molar-refractivity contribution is -0.137. The van der Waals surface area contributed by atoms with Crippen LogP contribution in [0.2, 0.25) is 0 Å². The predicted molar refractivity (Wildman–Crippen MR) is 92.3 cm³/mol. The van der Waals surface area contributed by atoms with Gasteiger partial charge in [-0.15, -0.1) is 11.8 Å². The zero-order valence-corrected chi connectivity index (χ0v) is 14.3. The molecule has 0 N–H and O–H groups in total. The summed E-state index contributed by atoms with van der Waals surface area (Å²) in [5, 5.41) is 0. The van der Waals surface area contributed by atoms with Gasteiger partial charge in [0.15, 0.2) is 0 Å². The number of rotatable bonds is 4. The van der Waals surface area contributed by atoms with E-state index < -0.39 is 0 Å². The Kier molecular flexibility index (Phi) is 5.60. The zero-order valence-electron chi connectivity index (χ0n) is 13.4. The molecule has 2 fully saturated rings. The summed E-state index contributed by atoms with van der Waals surface area (Å²) in [4.78, 5) is 29.5. The second kappa shape index (κ2) is 7.86. The molecule has 0 atom stereocenters. The zero-order chi connectivity index (χ0) is 16.1. The quantitative estimate of drug-likeness (QED) is 0.796. The van der Waals surface area contributed by atoms with E-state index in [-0.39, 0.29) is 5.91 Å². The Labute approximate surface area is 142 Å². The molecule has 0 bridgehead atoms. The summed E-state index contributed by atoms with van der Waals surface area (Å²) in [6, 6.07) is 10.4. The fourth-order valence-electron chi connectivity index (χ4n) is 3.39. The van der Waals surface area contributed by atoms with Crippen molar-refractivity contribution in [1.82, 2.24) is 9.80 Å². The van der Waals surface area contributed by atoms with Gasteiger partial charge < -0.3 is 9.80 Å². The Morgan fingerprint density at radius 1 is 1.09 bits per heavy atom. The third-order valence-electron chi connectivity index (χ3n) is 4.72. The van der Waals surface area contributed by atoms with Crippen molar-refractivity contribution in [3.63, 3.8) is 0 Å². The molecule has 2 aliphatic rings. The van der Waals surface area contributed by atoms with Crippen molar-refractivity contribution in [2.75, 3.05) is 25.4 Å². The van der Waals surface area contributed by atoms with Crippen molar-refractivity contribution in [2.45, 2.75) is 43.0 Å². The summed E-state index contributed by atoms with van der Waals surface area (Å²) in [6.07, 6.45) is 4.70. The van der Waals surface area contributed by atoms with Gasteiger partial charge in [-0.25, -0.2) is 0 Å². The molecule has 3 rings (SSSR count). The van der Waals surface area contributed by atoms with Crippen LogP contribution in [0.3, 0.4) is 0 Å². The molecule has 1 aromatic carbocycles. The molecular weight excluding hydrogens is 308 g/mol. The first-order valence-electron chi connectivity index (χ1n) is 8.49. The molecule has 2 aliphatic heterocycles. The van der Waals surface area contributed by atoms with Gasteiger partial charge in [0.05, 0.1) is 5.75 Å². The number of hydrogen-bond acceptors (Lipinski definition) is 3. The minimum Gasteiger partial charge on any atom is -0.342 e. The van der Waals surface area contributed by atoms with Crippen molar-refractivity contribution >= 4 is 23.6 Å². The molecule has 2 saturated heterocycles. The minimum absolute atomic E-state index is 0.210. The lowest BCUT2D eigenvalue weighted by Crippen LogP contribution is -2.50. The summed E-state index contributed by atoms with van der Waals surface area (Å²) >= 11 is 1.60. The highest BCUT2D eigenvalue weighted by Crippen LogP contribution is 2.23. The van der Waals surface area contributed by atoms with Crippen LogP contribution < -0.4 is 0 Å². The molecule has 0 unspecified atom stereocenters. The number of likely N-dealkylation sites (tertiary alicyclic amines) is 2. The Bertz CT molecular complexity index is 541. The SMILES string of the molecule is O=C(CSc1ccccc1)N1CCC(N2CCCCC2=O)CC1. The first-order valence-corrected chi connectivity index (χ1v) is 9.48. The first-order chi connectivity index (χ1) is 11.2. The van der Waals surface area contributed by atoms with Gasteiger partial charge in [0.2, 0.25) is 11.8 Å². The van der Waals surface area contributed by atoms with E-state index in [1.165, 1.54) is 0 Å². The molecule has 0 radical (unpaired) electrons. The molecule has 1 aromatic rings.